The summed E-state index contributed by atoms with van der Waals surface area (Å²) in [5.74, 6) is 0.171. The average Bonchev–Trinajstić information content (AvgIpc) is 3.31. The van der Waals surface area contributed by atoms with E-state index in [1.165, 1.54) is 12.8 Å². The van der Waals surface area contributed by atoms with Gasteiger partial charge in [0.05, 0.1) is 18.6 Å². The Balaban J connectivity index is 1.76. The first-order valence-corrected chi connectivity index (χ1v) is 9.75. The predicted molar refractivity (Wildman–Crippen MR) is 101 cm³/mol. The quantitative estimate of drug-likeness (QED) is 0.822. The molecule has 0 aromatic heterocycles. The normalized spacial score (nSPS) is 23.0. The van der Waals surface area contributed by atoms with Crippen molar-refractivity contribution >= 4 is 11.9 Å². The monoisotopic (exact) mass is 375 g/mol. The highest BCUT2D eigenvalue weighted by Crippen LogP contribution is 2.39. The number of carbonyl (C=O) groups excluding carboxylic acids is 1. The molecule has 3 rings (SSSR count). The van der Waals surface area contributed by atoms with E-state index in [-0.39, 0.29) is 24.5 Å². The minimum Gasteiger partial charge on any atom is -0.493 e. The highest BCUT2D eigenvalue weighted by molar-refractivity contribution is 5.95. The van der Waals surface area contributed by atoms with Crippen LogP contribution in [-0.4, -0.2) is 48.2 Å². The summed E-state index contributed by atoms with van der Waals surface area (Å²) in [7, 11) is 1.56. The number of nitrogens with zero attached hydrogens (tertiary/aromatic N) is 1. The van der Waals surface area contributed by atoms with E-state index in [0.717, 1.165) is 12.8 Å². The maximum atomic E-state index is 12.9. The van der Waals surface area contributed by atoms with Crippen molar-refractivity contribution in [2.75, 3.05) is 20.2 Å². The van der Waals surface area contributed by atoms with Crippen molar-refractivity contribution in [3.05, 3.63) is 23.8 Å². The van der Waals surface area contributed by atoms with Gasteiger partial charge in [0, 0.05) is 18.7 Å². The van der Waals surface area contributed by atoms with Crippen molar-refractivity contribution in [2.24, 2.45) is 11.3 Å². The number of amides is 1. The standard InChI is InChI=1S/C21H29NO5/c1-14(2)21(20(24)25)10-11-22(13-21)19(23)15-8-9-17(18(12-15)26-3)27-16-6-4-5-7-16/h8-9,12,14,16H,4-7,10-11,13H2,1-3H3,(H,24,25). The van der Waals surface area contributed by atoms with Crippen LogP contribution in [0, 0.1) is 11.3 Å². The van der Waals surface area contributed by atoms with E-state index in [4.69, 9.17) is 9.47 Å². The van der Waals surface area contributed by atoms with E-state index in [9.17, 15) is 14.7 Å². The van der Waals surface area contributed by atoms with Crippen molar-refractivity contribution in [1.29, 1.82) is 0 Å². The van der Waals surface area contributed by atoms with Crippen molar-refractivity contribution in [3.8, 4) is 11.5 Å². The van der Waals surface area contributed by atoms with Gasteiger partial charge in [0.25, 0.3) is 5.91 Å². The third-order valence-corrected chi connectivity index (χ3v) is 6.13. The van der Waals surface area contributed by atoms with Crippen molar-refractivity contribution in [1.82, 2.24) is 4.90 Å². The van der Waals surface area contributed by atoms with Crippen LogP contribution in [-0.2, 0) is 4.79 Å². The number of aliphatic carboxylic acids is 1. The average molecular weight is 375 g/mol. The van der Waals surface area contributed by atoms with E-state index in [1.54, 1.807) is 30.2 Å². The lowest BCUT2D eigenvalue weighted by molar-refractivity contribution is -0.150. The molecule has 1 atom stereocenters. The van der Waals surface area contributed by atoms with Crippen molar-refractivity contribution in [3.63, 3.8) is 0 Å². The van der Waals surface area contributed by atoms with Crippen molar-refractivity contribution < 1.29 is 24.2 Å². The molecule has 1 saturated heterocycles. The zero-order chi connectivity index (χ0) is 19.6. The van der Waals surface area contributed by atoms with Crippen molar-refractivity contribution in [2.45, 2.75) is 52.1 Å². The molecule has 1 heterocycles. The lowest BCUT2D eigenvalue weighted by Crippen LogP contribution is -2.40. The fourth-order valence-corrected chi connectivity index (χ4v) is 4.17. The molecule has 0 radical (unpaired) electrons. The van der Waals surface area contributed by atoms with Crippen LogP contribution in [0.4, 0.5) is 0 Å². The van der Waals surface area contributed by atoms with Gasteiger partial charge in [-0.25, -0.2) is 0 Å². The molecule has 6 heteroatoms. The molecule has 6 nitrogen and oxygen atoms in total. The van der Waals surface area contributed by atoms with Gasteiger partial charge in [0.1, 0.15) is 0 Å². The first-order valence-electron chi connectivity index (χ1n) is 9.75. The number of likely N-dealkylation sites (tertiary alicyclic amines) is 1. The number of methoxy groups -OCH3 is 1. The van der Waals surface area contributed by atoms with E-state index < -0.39 is 11.4 Å². The Morgan fingerprint density at radius 2 is 1.93 bits per heavy atom. The second-order valence-electron chi connectivity index (χ2n) is 7.98. The molecular formula is C21H29NO5. The number of hydrogen-bond donors (Lipinski definition) is 1. The lowest BCUT2D eigenvalue weighted by Gasteiger charge is -2.28. The number of carboxylic acids is 1. The number of carbonyl (C=O) groups is 2. The van der Waals surface area contributed by atoms with Crippen LogP contribution in [0.15, 0.2) is 18.2 Å². The fraction of sp³-hybridized carbons (Fsp3) is 0.619. The minimum absolute atomic E-state index is 0.0375. The Hall–Kier alpha value is -2.24. The van der Waals surface area contributed by atoms with Gasteiger partial charge in [-0.15, -0.1) is 0 Å². The van der Waals surface area contributed by atoms with Crippen LogP contribution in [0.5, 0.6) is 11.5 Å². The first kappa shape index (κ1) is 19.5. The molecule has 1 aromatic rings. The van der Waals surface area contributed by atoms with E-state index >= 15 is 0 Å². The van der Waals surface area contributed by atoms with Gasteiger partial charge >= 0.3 is 5.97 Å². The molecule has 2 fully saturated rings. The summed E-state index contributed by atoms with van der Waals surface area (Å²) in [4.78, 5) is 26.4. The van der Waals surface area contributed by atoms with Gasteiger partial charge in [-0.1, -0.05) is 13.8 Å². The van der Waals surface area contributed by atoms with Gasteiger partial charge in [-0.3, -0.25) is 9.59 Å². The smallest absolute Gasteiger partial charge is 0.311 e. The van der Waals surface area contributed by atoms with E-state index in [1.807, 2.05) is 13.8 Å². The lowest BCUT2D eigenvalue weighted by atomic mass is 9.76. The van der Waals surface area contributed by atoms with Gasteiger partial charge < -0.3 is 19.5 Å². The molecule has 1 N–H and O–H groups in total. The van der Waals surface area contributed by atoms with Crippen LogP contribution in [0.3, 0.4) is 0 Å². The molecule has 1 aliphatic carbocycles. The van der Waals surface area contributed by atoms with Crippen LogP contribution in [0.25, 0.3) is 0 Å². The van der Waals surface area contributed by atoms with E-state index in [2.05, 4.69) is 0 Å². The largest absolute Gasteiger partial charge is 0.493 e. The Morgan fingerprint density at radius 3 is 2.48 bits per heavy atom. The third-order valence-electron chi connectivity index (χ3n) is 6.13. The summed E-state index contributed by atoms with van der Waals surface area (Å²) < 4.78 is 11.5. The molecule has 148 valence electrons. The molecule has 2 aliphatic rings. The Kier molecular flexibility index (Phi) is 5.63. The molecule has 1 amide bonds. The van der Waals surface area contributed by atoms with Crippen LogP contribution in [0.1, 0.15) is 56.3 Å². The fourth-order valence-electron chi connectivity index (χ4n) is 4.17. The number of ether oxygens (including phenoxy) is 2. The number of hydrogen-bond acceptors (Lipinski definition) is 4. The highest BCUT2D eigenvalue weighted by atomic mass is 16.5. The molecule has 1 unspecified atom stereocenters. The third kappa shape index (κ3) is 3.75. The first-order chi connectivity index (χ1) is 12.9. The summed E-state index contributed by atoms with van der Waals surface area (Å²) in [6.07, 6.45) is 5.14. The summed E-state index contributed by atoms with van der Waals surface area (Å²) in [6.45, 7) is 4.49. The molecule has 0 bridgehead atoms. The Labute approximate surface area is 160 Å². The predicted octanol–water partition coefficient (Wildman–Crippen LogP) is 3.59. The second-order valence-corrected chi connectivity index (χ2v) is 7.98. The molecule has 1 aliphatic heterocycles. The number of rotatable bonds is 6. The zero-order valence-electron chi connectivity index (χ0n) is 16.4. The number of carboxylic acid groups (broad SMARTS) is 1. The molecule has 1 saturated carbocycles. The maximum absolute atomic E-state index is 12.9. The SMILES string of the molecule is COc1cc(C(=O)N2CCC(C(=O)O)(C(C)C)C2)ccc1OC1CCCC1. The van der Waals surface area contributed by atoms with Gasteiger partial charge in [0.2, 0.25) is 0 Å². The summed E-state index contributed by atoms with van der Waals surface area (Å²) in [6, 6.07) is 5.22. The highest BCUT2D eigenvalue weighted by Gasteiger charge is 2.48. The van der Waals surface area contributed by atoms with Gasteiger partial charge in [-0.2, -0.15) is 0 Å². The second kappa shape index (κ2) is 7.79. The number of benzene rings is 1. The summed E-state index contributed by atoms with van der Waals surface area (Å²) >= 11 is 0. The topological polar surface area (TPSA) is 76.1 Å². The molecule has 1 aromatic carbocycles. The summed E-state index contributed by atoms with van der Waals surface area (Å²) in [5.41, 5.74) is -0.374. The maximum Gasteiger partial charge on any atom is 0.311 e. The molecule has 27 heavy (non-hydrogen) atoms. The summed E-state index contributed by atoms with van der Waals surface area (Å²) in [5, 5.41) is 9.68. The minimum atomic E-state index is -0.870. The van der Waals surface area contributed by atoms with E-state index in [0.29, 0.717) is 30.0 Å². The van der Waals surface area contributed by atoms with Crippen LogP contribution in [0.2, 0.25) is 0 Å². The van der Waals surface area contributed by atoms with Gasteiger partial charge in [0.15, 0.2) is 11.5 Å². The van der Waals surface area contributed by atoms with Crippen LogP contribution < -0.4 is 9.47 Å². The Morgan fingerprint density at radius 1 is 1.22 bits per heavy atom. The zero-order valence-corrected chi connectivity index (χ0v) is 16.4. The molecule has 0 spiro atoms. The van der Waals surface area contributed by atoms with Crippen LogP contribution >= 0.6 is 0 Å². The Bertz CT molecular complexity index is 711. The van der Waals surface area contributed by atoms with Gasteiger partial charge in [-0.05, 0) is 56.2 Å². The molecular weight excluding hydrogens is 346 g/mol.